The second-order valence-electron chi connectivity index (χ2n) is 6.14. The molecule has 1 fully saturated rings. The summed E-state index contributed by atoms with van der Waals surface area (Å²) in [5.74, 6) is 1.14. The van der Waals surface area contributed by atoms with Crippen LogP contribution in [-0.4, -0.2) is 30.5 Å². The molecule has 0 saturated carbocycles. The van der Waals surface area contributed by atoms with Crippen LogP contribution in [0, 0.1) is 5.92 Å². The quantitative estimate of drug-likeness (QED) is 0.760. The number of piperidine rings is 1. The summed E-state index contributed by atoms with van der Waals surface area (Å²) in [5.41, 5.74) is 1.18. The lowest BCUT2D eigenvalue weighted by Crippen LogP contribution is -2.40. The summed E-state index contributed by atoms with van der Waals surface area (Å²) in [4.78, 5) is 14.2. The Hall–Kier alpha value is -2.33. The molecule has 2 heterocycles. The fourth-order valence-corrected chi connectivity index (χ4v) is 2.96. The highest BCUT2D eigenvalue weighted by Gasteiger charge is 2.22. The van der Waals surface area contributed by atoms with Crippen molar-refractivity contribution in [3.8, 4) is 0 Å². The summed E-state index contributed by atoms with van der Waals surface area (Å²) in [6.45, 7) is 2.90. The summed E-state index contributed by atoms with van der Waals surface area (Å²) in [6.07, 6.45) is 7.05. The molecule has 1 aromatic carbocycles. The van der Waals surface area contributed by atoms with Crippen LogP contribution >= 0.6 is 0 Å². The Morgan fingerprint density at radius 1 is 1.25 bits per heavy atom. The Morgan fingerprint density at radius 3 is 2.92 bits per heavy atom. The number of carbonyl (C=O) groups excluding carboxylic acids is 1. The maximum atomic E-state index is 12.3. The van der Waals surface area contributed by atoms with Gasteiger partial charge < -0.3 is 14.1 Å². The molecule has 1 aromatic heterocycles. The fraction of sp³-hybridized carbons (Fsp3) is 0.350. The van der Waals surface area contributed by atoms with Gasteiger partial charge in [0.25, 0.3) is 0 Å². The fourth-order valence-electron chi connectivity index (χ4n) is 2.96. The average Bonchev–Trinajstić information content (AvgIpc) is 3.14. The van der Waals surface area contributed by atoms with Gasteiger partial charge in [-0.25, -0.2) is 0 Å². The van der Waals surface area contributed by atoms with E-state index in [-0.39, 0.29) is 5.91 Å². The summed E-state index contributed by atoms with van der Waals surface area (Å²) in [6, 6.07) is 13.8. The molecule has 0 bridgehead atoms. The number of ether oxygens (including phenoxy) is 1. The zero-order chi connectivity index (χ0) is 16.6. The molecule has 1 aliphatic rings. The molecule has 0 N–H and O–H groups in total. The Morgan fingerprint density at radius 2 is 2.12 bits per heavy atom. The first-order valence-corrected chi connectivity index (χ1v) is 8.43. The van der Waals surface area contributed by atoms with E-state index in [1.807, 2.05) is 35.2 Å². The lowest BCUT2D eigenvalue weighted by atomic mass is 9.99. The van der Waals surface area contributed by atoms with Gasteiger partial charge in [0, 0.05) is 19.2 Å². The summed E-state index contributed by atoms with van der Waals surface area (Å²) in [5, 5.41) is 0. The van der Waals surface area contributed by atoms with Crippen molar-refractivity contribution in [3.05, 3.63) is 66.1 Å². The Kier molecular flexibility index (Phi) is 5.85. The molecule has 3 rings (SSSR count). The molecule has 1 unspecified atom stereocenters. The minimum atomic E-state index is 0.0409. The number of amides is 1. The Bertz CT molecular complexity index is 649. The van der Waals surface area contributed by atoms with Gasteiger partial charge in [-0.3, -0.25) is 4.79 Å². The third-order valence-corrected chi connectivity index (χ3v) is 4.23. The van der Waals surface area contributed by atoms with Gasteiger partial charge in [0.05, 0.1) is 19.5 Å². The van der Waals surface area contributed by atoms with Crippen LogP contribution in [0.2, 0.25) is 0 Å². The zero-order valence-corrected chi connectivity index (χ0v) is 13.8. The van der Waals surface area contributed by atoms with Crippen LogP contribution in [0.5, 0.6) is 0 Å². The highest BCUT2D eigenvalue weighted by atomic mass is 16.5. The molecule has 1 atom stereocenters. The van der Waals surface area contributed by atoms with Gasteiger partial charge in [-0.05, 0) is 42.5 Å². The maximum absolute atomic E-state index is 12.3. The Balaban J connectivity index is 1.44. The van der Waals surface area contributed by atoms with E-state index >= 15 is 0 Å². The van der Waals surface area contributed by atoms with Crippen molar-refractivity contribution in [1.82, 2.24) is 4.90 Å². The van der Waals surface area contributed by atoms with E-state index in [1.165, 1.54) is 5.56 Å². The van der Waals surface area contributed by atoms with Gasteiger partial charge in [0.15, 0.2) is 0 Å². The third-order valence-electron chi connectivity index (χ3n) is 4.23. The lowest BCUT2D eigenvalue weighted by Gasteiger charge is -2.32. The van der Waals surface area contributed by atoms with E-state index in [4.69, 9.17) is 9.15 Å². The van der Waals surface area contributed by atoms with Crippen molar-refractivity contribution in [2.75, 3.05) is 19.7 Å². The SMILES string of the molecule is O=C(/C=C/c1ccco1)N1CCCC(COCc2ccccc2)C1. The summed E-state index contributed by atoms with van der Waals surface area (Å²) in [7, 11) is 0. The molecule has 126 valence electrons. The first kappa shape index (κ1) is 16.5. The molecule has 0 radical (unpaired) electrons. The number of furan rings is 1. The van der Waals surface area contributed by atoms with Crippen LogP contribution in [0.4, 0.5) is 0 Å². The first-order chi connectivity index (χ1) is 11.8. The molecule has 0 aliphatic carbocycles. The van der Waals surface area contributed by atoms with E-state index in [2.05, 4.69) is 12.1 Å². The molecule has 4 nitrogen and oxygen atoms in total. The number of hydrogen-bond donors (Lipinski definition) is 0. The van der Waals surface area contributed by atoms with Gasteiger partial charge in [-0.2, -0.15) is 0 Å². The van der Waals surface area contributed by atoms with E-state index in [0.29, 0.717) is 24.9 Å². The molecule has 1 saturated heterocycles. The summed E-state index contributed by atoms with van der Waals surface area (Å²) < 4.78 is 11.0. The van der Waals surface area contributed by atoms with Crippen LogP contribution in [-0.2, 0) is 16.1 Å². The second-order valence-corrected chi connectivity index (χ2v) is 6.14. The van der Waals surface area contributed by atoms with Crippen molar-refractivity contribution in [3.63, 3.8) is 0 Å². The minimum Gasteiger partial charge on any atom is -0.465 e. The van der Waals surface area contributed by atoms with E-state index in [9.17, 15) is 4.79 Å². The van der Waals surface area contributed by atoms with Gasteiger partial charge in [0.1, 0.15) is 5.76 Å². The number of likely N-dealkylation sites (tertiary alicyclic amines) is 1. The third kappa shape index (κ3) is 4.83. The minimum absolute atomic E-state index is 0.0409. The van der Waals surface area contributed by atoms with Crippen molar-refractivity contribution in [2.24, 2.45) is 5.92 Å². The van der Waals surface area contributed by atoms with Crippen molar-refractivity contribution in [1.29, 1.82) is 0 Å². The van der Waals surface area contributed by atoms with Gasteiger partial charge in [-0.1, -0.05) is 30.3 Å². The monoisotopic (exact) mass is 325 g/mol. The molecule has 24 heavy (non-hydrogen) atoms. The highest BCUT2D eigenvalue weighted by Crippen LogP contribution is 2.18. The molecular weight excluding hydrogens is 302 g/mol. The predicted octanol–water partition coefficient (Wildman–Crippen LogP) is 3.75. The van der Waals surface area contributed by atoms with Gasteiger partial charge in [0.2, 0.25) is 5.91 Å². The number of rotatable bonds is 6. The standard InChI is InChI=1S/C20H23NO3/c22-20(11-10-19-9-5-13-24-19)21-12-4-8-18(14-21)16-23-15-17-6-2-1-3-7-17/h1-3,5-7,9-11,13,18H,4,8,12,14-16H2/b11-10+. The van der Waals surface area contributed by atoms with Crippen molar-refractivity contribution < 1.29 is 13.9 Å². The van der Waals surface area contributed by atoms with E-state index in [1.54, 1.807) is 18.4 Å². The number of carbonyl (C=O) groups is 1. The van der Waals surface area contributed by atoms with Gasteiger partial charge >= 0.3 is 0 Å². The van der Waals surface area contributed by atoms with Crippen LogP contribution in [0.1, 0.15) is 24.2 Å². The van der Waals surface area contributed by atoms with Crippen LogP contribution < -0.4 is 0 Å². The number of benzene rings is 1. The van der Waals surface area contributed by atoms with Crippen LogP contribution in [0.3, 0.4) is 0 Å². The van der Waals surface area contributed by atoms with Crippen LogP contribution in [0.15, 0.2) is 59.2 Å². The van der Waals surface area contributed by atoms with E-state index in [0.717, 1.165) is 25.9 Å². The van der Waals surface area contributed by atoms with Gasteiger partial charge in [-0.15, -0.1) is 0 Å². The second kappa shape index (κ2) is 8.50. The topological polar surface area (TPSA) is 42.7 Å². The maximum Gasteiger partial charge on any atom is 0.246 e. The first-order valence-electron chi connectivity index (χ1n) is 8.43. The van der Waals surface area contributed by atoms with Crippen LogP contribution in [0.25, 0.3) is 6.08 Å². The molecule has 1 amide bonds. The van der Waals surface area contributed by atoms with E-state index < -0.39 is 0 Å². The highest BCUT2D eigenvalue weighted by molar-refractivity contribution is 5.91. The average molecular weight is 325 g/mol. The molecule has 2 aromatic rings. The van der Waals surface area contributed by atoms with Crippen molar-refractivity contribution in [2.45, 2.75) is 19.4 Å². The predicted molar refractivity (Wildman–Crippen MR) is 93.1 cm³/mol. The zero-order valence-electron chi connectivity index (χ0n) is 13.8. The summed E-state index contributed by atoms with van der Waals surface area (Å²) >= 11 is 0. The number of hydrogen-bond acceptors (Lipinski definition) is 3. The molecular formula is C20H23NO3. The molecule has 4 heteroatoms. The largest absolute Gasteiger partial charge is 0.465 e. The van der Waals surface area contributed by atoms with Crippen molar-refractivity contribution >= 4 is 12.0 Å². The normalized spacial score (nSPS) is 18.2. The molecule has 0 spiro atoms. The Labute approximate surface area is 142 Å². The smallest absolute Gasteiger partial charge is 0.246 e. The number of nitrogens with zero attached hydrogens (tertiary/aromatic N) is 1. The molecule has 1 aliphatic heterocycles. The lowest BCUT2D eigenvalue weighted by molar-refractivity contribution is -0.128.